The van der Waals surface area contributed by atoms with Crippen molar-refractivity contribution < 1.29 is 19.0 Å². The molecule has 3 rings (SSSR count). The summed E-state index contributed by atoms with van der Waals surface area (Å²) in [7, 11) is 0. The van der Waals surface area contributed by atoms with E-state index in [0.29, 0.717) is 26.2 Å². The summed E-state index contributed by atoms with van der Waals surface area (Å²) in [5.41, 5.74) is 1.19. The van der Waals surface area contributed by atoms with Crippen LogP contribution in [0.5, 0.6) is 5.75 Å². The van der Waals surface area contributed by atoms with Gasteiger partial charge in [-0.2, -0.15) is 0 Å². The second-order valence-corrected chi connectivity index (χ2v) is 6.88. The highest BCUT2D eigenvalue weighted by Gasteiger charge is 2.35. The second kappa shape index (κ2) is 9.20. The normalized spacial score (nSPS) is 21.5. The van der Waals surface area contributed by atoms with Crippen molar-refractivity contribution in [3.05, 3.63) is 29.8 Å². The van der Waals surface area contributed by atoms with Gasteiger partial charge in [0, 0.05) is 13.0 Å². The third-order valence-electron chi connectivity index (χ3n) is 4.87. The van der Waals surface area contributed by atoms with E-state index in [4.69, 9.17) is 14.2 Å². The van der Waals surface area contributed by atoms with Crippen LogP contribution in [-0.2, 0) is 14.3 Å². The summed E-state index contributed by atoms with van der Waals surface area (Å²) < 4.78 is 17.0. The number of carbonyl (C=O) groups excluding carboxylic acids is 1. The number of benzene rings is 1. The number of ether oxygens (including phenoxy) is 3. The van der Waals surface area contributed by atoms with E-state index < -0.39 is 0 Å². The van der Waals surface area contributed by atoms with Crippen molar-refractivity contribution in [2.45, 2.75) is 57.8 Å². The fraction of sp³-hybridized carbons (Fsp3) is 0.650. The number of hydrogen-bond acceptors (Lipinski definition) is 4. The Morgan fingerprint density at radius 1 is 1.24 bits per heavy atom. The summed E-state index contributed by atoms with van der Waals surface area (Å²) in [6.45, 7) is 4.80. The lowest BCUT2D eigenvalue weighted by molar-refractivity contribution is -0.150. The zero-order chi connectivity index (χ0) is 17.5. The van der Waals surface area contributed by atoms with Gasteiger partial charge >= 0.3 is 0 Å². The first kappa shape index (κ1) is 18.2. The minimum Gasteiger partial charge on any atom is -0.494 e. The summed E-state index contributed by atoms with van der Waals surface area (Å²) in [6.07, 6.45) is 5.27. The molecule has 25 heavy (non-hydrogen) atoms. The zero-order valence-electron chi connectivity index (χ0n) is 15.1. The fourth-order valence-corrected chi connectivity index (χ4v) is 3.57. The zero-order valence-corrected chi connectivity index (χ0v) is 15.1. The molecule has 0 spiro atoms. The molecule has 1 aromatic carbocycles. The van der Waals surface area contributed by atoms with Crippen LogP contribution in [0.2, 0.25) is 0 Å². The Kier molecular flexibility index (Phi) is 6.70. The maximum atomic E-state index is 12.6. The molecule has 1 amide bonds. The van der Waals surface area contributed by atoms with E-state index in [0.717, 1.165) is 44.4 Å². The van der Waals surface area contributed by atoms with Crippen LogP contribution < -0.4 is 4.74 Å². The van der Waals surface area contributed by atoms with Crippen LogP contribution in [0.1, 0.15) is 44.1 Å². The largest absolute Gasteiger partial charge is 0.494 e. The molecule has 5 nitrogen and oxygen atoms in total. The van der Waals surface area contributed by atoms with Crippen molar-refractivity contribution >= 4 is 5.91 Å². The molecule has 5 heteroatoms. The van der Waals surface area contributed by atoms with Crippen LogP contribution in [0, 0.1) is 6.92 Å². The van der Waals surface area contributed by atoms with Crippen LogP contribution in [0.3, 0.4) is 0 Å². The molecule has 2 aliphatic rings. The van der Waals surface area contributed by atoms with Gasteiger partial charge in [0.2, 0.25) is 5.91 Å². The number of carbonyl (C=O) groups is 1. The Bertz CT molecular complexity index is 556. The number of nitrogens with zero attached hydrogens (tertiary/aromatic N) is 1. The van der Waals surface area contributed by atoms with Crippen LogP contribution in [-0.4, -0.2) is 49.5 Å². The molecule has 1 unspecified atom stereocenters. The number of hydrogen-bond donors (Lipinski definition) is 0. The maximum absolute atomic E-state index is 12.6. The number of aryl methyl sites for hydroxylation is 1. The summed E-state index contributed by atoms with van der Waals surface area (Å²) in [4.78, 5) is 14.6. The molecule has 0 radical (unpaired) electrons. The average Bonchev–Trinajstić information content (AvgIpc) is 3.16. The Morgan fingerprint density at radius 2 is 2.08 bits per heavy atom. The van der Waals surface area contributed by atoms with Crippen LogP contribution in [0.25, 0.3) is 0 Å². The Balaban J connectivity index is 1.39. The van der Waals surface area contributed by atoms with Crippen molar-refractivity contribution in [1.29, 1.82) is 0 Å². The molecule has 138 valence electrons. The number of amides is 1. The van der Waals surface area contributed by atoms with E-state index in [1.165, 1.54) is 5.56 Å². The van der Waals surface area contributed by atoms with Gasteiger partial charge in [-0.25, -0.2) is 0 Å². The molecular weight excluding hydrogens is 318 g/mol. The van der Waals surface area contributed by atoms with Gasteiger partial charge in [0.15, 0.2) is 6.29 Å². The van der Waals surface area contributed by atoms with E-state index in [1.54, 1.807) is 0 Å². The van der Waals surface area contributed by atoms with Crippen LogP contribution >= 0.6 is 0 Å². The molecule has 1 aromatic rings. The van der Waals surface area contributed by atoms with Crippen molar-refractivity contribution in [2.24, 2.45) is 0 Å². The lowest BCUT2D eigenvalue weighted by Gasteiger charge is -2.38. The van der Waals surface area contributed by atoms with Gasteiger partial charge in [-0.05, 0) is 56.7 Å². The standard InChI is InChI=1S/C20H29NO4/c1-16-7-6-8-17(15-16)23-12-5-3-10-19(22)21-11-4-2-9-18(21)20-24-13-14-25-20/h6-8,15,18,20H,2-5,9-14H2,1H3. The molecule has 2 heterocycles. The Morgan fingerprint density at radius 3 is 2.88 bits per heavy atom. The van der Waals surface area contributed by atoms with E-state index in [2.05, 4.69) is 13.0 Å². The molecule has 0 N–H and O–H groups in total. The molecule has 2 aliphatic heterocycles. The molecule has 0 aromatic heterocycles. The van der Waals surface area contributed by atoms with Gasteiger partial charge in [-0.3, -0.25) is 4.79 Å². The summed E-state index contributed by atoms with van der Waals surface area (Å²) in [5.74, 6) is 1.12. The summed E-state index contributed by atoms with van der Waals surface area (Å²) in [5, 5.41) is 0. The molecule has 1 atom stereocenters. The minimum absolute atomic E-state index is 0.0901. The molecule has 0 saturated carbocycles. The highest BCUT2D eigenvalue weighted by Crippen LogP contribution is 2.25. The van der Waals surface area contributed by atoms with Crippen molar-refractivity contribution in [3.8, 4) is 5.75 Å². The SMILES string of the molecule is Cc1cccc(OCCCCC(=O)N2CCCCC2C2OCCO2)c1. The first-order valence-electron chi connectivity index (χ1n) is 9.46. The van der Waals surface area contributed by atoms with Gasteiger partial charge in [0.25, 0.3) is 0 Å². The monoisotopic (exact) mass is 347 g/mol. The lowest BCUT2D eigenvalue weighted by atomic mass is 10.0. The third kappa shape index (κ3) is 5.19. The molecule has 0 aliphatic carbocycles. The summed E-state index contributed by atoms with van der Waals surface area (Å²) in [6, 6.07) is 8.15. The van der Waals surface area contributed by atoms with Crippen molar-refractivity contribution in [3.63, 3.8) is 0 Å². The maximum Gasteiger partial charge on any atom is 0.222 e. The first-order valence-corrected chi connectivity index (χ1v) is 9.46. The number of unbranched alkanes of at least 4 members (excludes halogenated alkanes) is 1. The smallest absolute Gasteiger partial charge is 0.222 e. The summed E-state index contributed by atoms with van der Waals surface area (Å²) >= 11 is 0. The predicted octanol–water partition coefficient (Wildman–Crippen LogP) is 3.30. The first-order chi connectivity index (χ1) is 12.2. The topological polar surface area (TPSA) is 48.0 Å². The predicted molar refractivity (Wildman–Crippen MR) is 95.6 cm³/mol. The van der Waals surface area contributed by atoms with Gasteiger partial charge in [-0.1, -0.05) is 12.1 Å². The number of piperidine rings is 1. The van der Waals surface area contributed by atoms with E-state index in [9.17, 15) is 4.79 Å². The van der Waals surface area contributed by atoms with Crippen LogP contribution in [0.15, 0.2) is 24.3 Å². The molecular formula is C20H29NO4. The second-order valence-electron chi connectivity index (χ2n) is 6.88. The van der Waals surface area contributed by atoms with Gasteiger partial charge < -0.3 is 19.1 Å². The third-order valence-corrected chi connectivity index (χ3v) is 4.87. The Labute approximate surface area is 150 Å². The molecule has 2 fully saturated rings. The average molecular weight is 347 g/mol. The molecule has 0 bridgehead atoms. The van der Waals surface area contributed by atoms with Gasteiger partial charge in [0.1, 0.15) is 5.75 Å². The fourth-order valence-electron chi connectivity index (χ4n) is 3.57. The Hall–Kier alpha value is -1.59. The highest BCUT2D eigenvalue weighted by molar-refractivity contribution is 5.76. The van der Waals surface area contributed by atoms with Gasteiger partial charge in [-0.15, -0.1) is 0 Å². The number of likely N-dealkylation sites (tertiary alicyclic amines) is 1. The van der Waals surface area contributed by atoms with Crippen molar-refractivity contribution in [2.75, 3.05) is 26.4 Å². The minimum atomic E-state index is -0.228. The number of rotatable bonds is 7. The van der Waals surface area contributed by atoms with Gasteiger partial charge in [0.05, 0.1) is 25.9 Å². The molecule has 2 saturated heterocycles. The lowest BCUT2D eigenvalue weighted by Crippen LogP contribution is -2.50. The quantitative estimate of drug-likeness (QED) is 0.710. The van der Waals surface area contributed by atoms with E-state index in [1.807, 2.05) is 23.1 Å². The highest BCUT2D eigenvalue weighted by atomic mass is 16.7. The van der Waals surface area contributed by atoms with Crippen molar-refractivity contribution in [1.82, 2.24) is 4.90 Å². The van der Waals surface area contributed by atoms with E-state index in [-0.39, 0.29) is 18.2 Å². The van der Waals surface area contributed by atoms with Crippen LogP contribution in [0.4, 0.5) is 0 Å². The van der Waals surface area contributed by atoms with E-state index >= 15 is 0 Å².